The Kier molecular flexibility index (Phi) is 7.97. The van der Waals surface area contributed by atoms with Gasteiger partial charge in [0, 0.05) is 45.6 Å². The van der Waals surface area contributed by atoms with Gasteiger partial charge in [-0.25, -0.2) is 0 Å². The van der Waals surface area contributed by atoms with Gasteiger partial charge in [0.2, 0.25) is 0 Å². The Morgan fingerprint density at radius 1 is 1.48 bits per heavy atom. The molecule has 6 nitrogen and oxygen atoms in total. The summed E-state index contributed by atoms with van der Waals surface area (Å²) in [5, 5.41) is 3.39. The standard InChI is InChI=1S/C17H29N3O3/c1-3-18-17(19-8-6-16-5-4-10-23-16)20-9-7-15(13-20)14-22-12-11-21-2/h4-5,10,15H,3,6-9,11-14H2,1-2H3,(H,18,19). The van der Waals surface area contributed by atoms with Crippen LogP contribution < -0.4 is 5.32 Å². The van der Waals surface area contributed by atoms with Crippen molar-refractivity contribution in [3.63, 3.8) is 0 Å². The van der Waals surface area contributed by atoms with Gasteiger partial charge < -0.3 is 24.1 Å². The monoisotopic (exact) mass is 323 g/mol. The molecule has 1 fully saturated rings. The van der Waals surface area contributed by atoms with Gasteiger partial charge in [0.15, 0.2) is 5.96 Å². The predicted molar refractivity (Wildman–Crippen MR) is 90.8 cm³/mol. The number of methoxy groups -OCH3 is 1. The van der Waals surface area contributed by atoms with Crippen LogP contribution in [0.1, 0.15) is 19.1 Å². The molecule has 1 atom stereocenters. The molecule has 0 amide bonds. The number of ether oxygens (including phenoxy) is 2. The smallest absolute Gasteiger partial charge is 0.193 e. The summed E-state index contributed by atoms with van der Waals surface area (Å²) in [6, 6.07) is 3.91. The molecule has 1 N–H and O–H groups in total. The Morgan fingerprint density at radius 2 is 2.39 bits per heavy atom. The highest BCUT2D eigenvalue weighted by Gasteiger charge is 2.24. The van der Waals surface area contributed by atoms with Crippen molar-refractivity contribution in [2.45, 2.75) is 19.8 Å². The van der Waals surface area contributed by atoms with Crippen LogP contribution in [-0.4, -0.2) is 64.0 Å². The van der Waals surface area contributed by atoms with E-state index in [9.17, 15) is 0 Å². The van der Waals surface area contributed by atoms with E-state index in [2.05, 4.69) is 17.1 Å². The third-order valence-corrected chi connectivity index (χ3v) is 3.91. The summed E-state index contributed by atoms with van der Waals surface area (Å²) >= 11 is 0. The van der Waals surface area contributed by atoms with Crippen molar-refractivity contribution in [3.05, 3.63) is 24.2 Å². The third kappa shape index (κ3) is 6.23. The fourth-order valence-electron chi connectivity index (χ4n) is 2.71. The Labute approximate surface area is 138 Å². The van der Waals surface area contributed by atoms with Gasteiger partial charge in [-0.05, 0) is 25.5 Å². The van der Waals surface area contributed by atoms with E-state index < -0.39 is 0 Å². The number of rotatable bonds is 9. The minimum absolute atomic E-state index is 0.570. The molecule has 0 spiro atoms. The summed E-state index contributed by atoms with van der Waals surface area (Å²) in [7, 11) is 1.70. The summed E-state index contributed by atoms with van der Waals surface area (Å²) in [5.41, 5.74) is 0. The molecular weight excluding hydrogens is 294 g/mol. The van der Waals surface area contributed by atoms with Gasteiger partial charge in [0.05, 0.1) is 26.1 Å². The molecule has 0 radical (unpaired) electrons. The van der Waals surface area contributed by atoms with Crippen LogP contribution in [-0.2, 0) is 15.9 Å². The Balaban J connectivity index is 1.76. The first kappa shape index (κ1) is 17.8. The highest BCUT2D eigenvalue weighted by Crippen LogP contribution is 2.16. The van der Waals surface area contributed by atoms with Crippen molar-refractivity contribution in [1.29, 1.82) is 0 Å². The number of furan rings is 1. The summed E-state index contributed by atoms with van der Waals surface area (Å²) in [6.45, 7) is 7.88. The summed E-state index contributed by atoms with van der Waals surface area (Å²) in [4.78, 5) is 7.05. The average Bonchev–Trinajstić information content (AvgIpc) is 3.22. The number of aliphatic imine (C=N–C) groups is 1. The van der Waals surface area contributed by atoms with Crippen molar-refractivity contribution < 1.29 is 13.9 Å². The van der Waals surface area contributed by atoms with E-state index in [0.29, 0.717) is 19.1 Å². The second-order valence-corrected chi connectivity index (χ2v) is 5.73. The molecule has 1 aromatic rings. The van der Waals surface area contributed by atoms with Crippen molar-refractivity contribution in [2.24, 2.45) is 10.9 Å². The number of hydrogen-bond donors (Lipinski definition) is 1. The minimum atomic E-state index is 0.570. The Hall–Kier alpha value is -1.53. The van der Waals surface area contributed by atoms with E-state index in [1.807, 2.05) is 12.1 Å². The lowest BCUT2D eigenvalue weighted by Gasteiger charge is -2.21. The highest BCUT2D eigenvalue weighted by atomic mass is 16.5. The van der Waals surface area contributed by atoms with Crippen molar-refractivity contribution in [1.82, 2.24) is 10.2 Å². The molecule has 1 aliphatic heterocycles. The van der Waals surface area contributed by atoms with Gasteiger partial charge >= 0.3 is 0 Å². The van der Waals surface area contributed by atoms with E-state index in [1.165, 1.54) is 0 Å². The zero-order valence-electron chi connectivity index (χ0n) is 14.3. The molecule has 23 heavy (non-hydrogen) atoms. The molecular formula is C17H29N3O3. The van der Waals surface area contributed by atoms with Crippen molar-refractivity contribution in [3.8, 4) is 0 Å². The zero-order chi connectivity index (χ0) is 16.3. The van der Waals surface area contributed by atoms with E-state index in [1.54, 1.807) is 13.4 Å². The summed E-state index contributed by atoms with van der Waals surface area (Å²) < 4.78 is 16.0. The van der Waals surface area contributed by atoms with Gasteiger partial charge in [-0.1, -0.05) is 0 Å². The lowest BCUT2D eigenvalue weighted by molar-refractivity contribution is 0.0536. The van der Waals surface area contributed by atoms with Gasteiger partial charge in [0.1, 0.15) is 5.76 Å². The first-order valence-corrected chi connectivity index (χ1v) is 8.45. The first-order valence-electron chi connectivity index (χ1n) is 8.45. The molecule has 130 valence electrons. The molecule has 0 aromatic carbocycles. The van der Waals surface area contributed by atoms with Crippen LogP contribution in [0.25, 0.3) is 0 Å². The van der Waals surface area contributed by atoms with Crippen LogP contribution in [0.4, 0.5) is 0 Å². The van der Waals surface area contributed by atoms with Gasteiger partial charge in [-0.3, -0.25) is 4.99 Å². The quantitative estimate of drug-likeness (QED) is 0.426. The largest absolute Gasteiger partial charge is 0.469 e. The topological polar surface area (TPSA) is 59.2 Å². The zero-order valence-corrected chi connectivity index (χ0v) is 14.3. The SMILES string of the molecule is CCNC(=NCCc1ccco1)N1CCC(COCCOC)C1. The molecule has 2 rings (SSSR count). The molecule has 1 aliphatic rings. The third-order valence-electron chi connectivity index (χ3n) is 3.91. The van der Waals surface area contributed by atoms with E-state index in [4.69, 9.17) is 18.9 Å². The number of guanidine groups is 1. The fraction of sp³-hybridized carbons (Fsp3) is 0.706. The van der Waals surface area contributed by atoms with Crippen LogP contribution in [0.3, 0.4) is 0 Å². The van der Waals surface area contributed by atoms with E-state index >= 15 is 0 Å². The first-order chi connectivity index (χ1) is 11.3. The summed E-state index contributed by atoms with van der Waals surface area (Å²) in [6.07, 6.45) is 3.69. The number of nitrogens with zero attached hydrogens (tertiary/aromatic N) is 2. The maximum Gasteiger partial charge on any atom is 0.193 e. The van der Waals surface area contributed by atoms with Crippen LogP contribution in [0, 0.1) is 5.92 Å². The molecule has 2 heterocycles. The number of likely N-dealkylation sites (tertiary alicyclic amines) is 1. The number of hydrogen-bond acceptors (Lipinski definition) is 4. The molecule has 6 heteroatoms. The molecule has 0 saturated carbocycles. The molecule has 1 unspecified atom stereocenters. The number of nitrogens with one attached hydrogen (secondary N) is 1. The Bertz CT molecular complexity index is 448. The summed E-state index contributed by atoms with van der Waals surface area (Å²) in [5.74, 6) is 2.55. The van der Waals surface area contributed by atoms with E-state index in [-0.39, 0.29) is 0 Å². The second-order valence-electron chi connectivity index (χ2n) is 5.73. The lowest BCUT2D eigenvalue weighted by atomic mass is 10.1. The van der Waals surface area contributed by atoms with Gasteiger partial charge in [-0.2, -0.15) is 0 Å². The second kappa shape index (κ2) is 10.3. The molecule has 0 bridgehead atoms. The minimum Gasteiger partial charge on any atom is -0.469 e. The van der Waals surface area contributed by atoms with Crippen LogP contribution in [0.15, 0.2) is 27.8 Å². The maximum absolute atomic E-state index is 5.65. The molecule has 1 aromatic heterocycles. The van der Waals surface area contributed by atoms with Crippen LogP contribution >= 0.6 is 0 Å². The van der Waals surface area contributed by atoms with Gasteiger partial charge in [-0.15, -0.1) is 0 Å². The Morgan fingerprint density at radius 3 is 3.13 bits per heavy atom. The normalized spacial score (nSPS) is 18.6. The predicted octanol–water partition coefficient (Wildman–Crippen LogP) is 1.77. The molecule has 1 saturated heterocycles. The molecule has 0 aliphatic carbocycles. The van der Waals surface area contributed by atoms with Crippen LogP contribution in [0.2, 0.25) is 0 Å². The highest BCUT2D eigenvalue weighted by molar-refractivity contribution is 5.80. The van der Waals surface area contributed by atoms with Gasteiger partial charge in [0.25, 0.3) is 0 Å². The maximum atomic E-state index is 5.65. The lowest BCUT2D eigenvalue weighted by Crippen LogP contribution is -2.40. The fourth-order valence-corrected chi connectivity index (χ4v) is 2.71. The average molecular weight is 323 g/mol. The van der Waals surface area contributed by atoms with Crippen molar-refractivity contribution in [2.75, 3.05) is 53.1 Å². The van der Waals surface area contributed by atoms with Crippen molar-refractivity contribution >= 4 is 5.96 Å². The van der Waals surface area contributed by atoms with Crippen LogP contribution in [0.5, 0.6) is 0 Å². The van der Waals surface area contributed by atoms with E-state index in [0.717, 1.165) is 57.3 Å².